The number of pyridine rings is 1. The summed E-state index contributed by atoms with van der Waals surface area (Å²) in [4.78, 5) is 11.5. The van der Waals surface area contributed by atoms with Crippen molar-refractivity contribution in [2.45, 2.75) is 12.1 Å². The van der Waals surface area contributed by atoms with Crippen LogP contribution in [-0.4, -0.2) is 19.6 Å². The lowest BCUT2D eigenvalue weighted by molar-refractivity contribution is 0.549. The molecule has 5 nitrogen and oxygen atoms in total. The van der Waals surface area contributed by atoms with Gasteiger partial charge < -0.3 is 10.2 Å². The molecule has 162 valence electrons. The first-order valence-corrected chi connectivity index (χ1v) is 11.7. The third kappa shape index (κ3) is 3.48. The molecule has 0 saturated carbocycles. The summed E-state index contributed by atoms with van der Waals surface area (Å²) in [6.07, 6.45) is 3.80. The minimum absolute atomic E-state index is 0.188. The Morgan fingerprint density at radius 1 is 0.939 bits per heavy atom. The van der Waals surface area contributed by atoms with E-state index in [9.17, 15) is 4.39 Å². The van der Waals surface area contributed by atoms with Crippen LogP contribution < -0.4 is 10.2 Å². The van der Waals surface area contributed by atoms with Gasteiger partial charge >= 0.3 is 0 Å². The normalized spacial score (nSPS) is 18.1. The summed E-state index contributed by atoms with van der Waals surface area (Å²) in [7, 11) is 0. The van der Waals surface area contributed by atoms with Crippen molar-refractivity contribution in [2.24, 2.45) is 0 Å². The number of nitrogens with one attached hydrogen (secondary N) is 1. The second kappa shape index (κ2) is 8.06. The lowest BCUT2D eigenvalue weighted by atomic mass is 10.0. The molecule has 2 atom stereocenters. The predicted octanol–water partition coefficient (Wildman–Crippen LogP) is 5.80. The number of halogens is 1. The highest BCUT2D eigenvalue weighted by molar-refractivity contribution is 7.80. The summed E-state index contributed by atoms with van der Waals surface area (Å²) < 4.78 is 16.9. The van der Waals surface area contributed by atoms with Gasteiger partial charge in [0.25, 0.3) is 0 Å². The fourth-order valence-corrected chi connectivity index (χ4v) is 5.62. The molecule has 0 spiro atoms. The molecular weight excluding hydrogens is 453 g/mol. The van der Waals surface area contributed by atoms with Crippen molar-refractivity contribution in [1.29, 1.82) is 0 Å². The van der Waals surface area contributed by atoms with E-state index in [0.717, 1.165) is 32.4 Å². The van der Waals surface area contributed by atoms with Crippen LogP contribution in [0, 0.1) is 5.82 Å². The molecule has 5 aromatic rings. The molecule has 1 fully saturated rings. The van der Waals surface area contributed by atoms with E-state index in [1.54, 1.807) is 29.7 Å². The van der Waals surface area contributed by atoms with Crippen LogP contribution >= 0.6 is 23.6 Å². The highest BCUT2D eigenvalue weighted by atomic mass is 32.1. The molecule has 1 saturated heterocycles. The van der Waals surface area contributed by atoms with Crippen LogP contribution in [0.3, 0.4) is 0 Å². The Labute approximate surface area is 199 Å². The highest BCUT2D eigenvalue weighted by Gasteiger charge is 2.42. The Balaban J connectivity index is 1.51. The Kier molecular flexibility index (Phi) is 4.89. The van der Waals surface area contributed by atoms with Gasteiger partial charge in [-0.3, -0.25) is 9.55 Å². The van der Waals surface area contributed by atoms with Gasteiger partial charge in [0.1, 0.15) is 11.9 Å². The number of thiocarbonyl (C=S) groups is 1. The summed E-state index contributed by atoms with van der Waals surface area (Å²) in [5.41, 5.74) is 3.68. The zero-order valence-corrected chi connectivity index (χ0v) is 18.9. The van der Waals surface area contributed by atoms with Gasteiger partial charge in [0.15, 0.2) is 10.2 Å². The molecule has 2 unspecified atom stereocenters. The van der Waals surface area contributed by atoms with E-state index < -0.39 is 0 Å². The summed E-state index contributed by atoms with van der Waals surface area (Å²) in [5.74, 6) is -0.285. The SMILES string of the molecule is Fc1ccc(N2C(=S)NC(c3ccccn3)C2c2cccn2-c2nc3ccccc3s2)cc1. The molecule has 0 radical (unpaired) electrons. The number of aromatic nitrogens is 3. The van der Waals surface area contributed by atoms with Crippen molar-refractivity contribution in [3.8, 4) is 5.13 Å². The molecule has 0 bridgehead atoms. The third-order valence-corrected chi connectivity index (χ3v) is 7.13. The number of benzene rings is 2. The van der Waals surface area contributed by atoms with Crippen LogP contribution in [0.2, 0.25) is 0 Å². The van der Waals surface area contributed by atoms with Gasteiger partial charge in [-0.05, 0) is 72.9 Å². The summed E-state index contributed by atoms with van der Waals surface area (Å²) >= 11 is 7.41. The lowest BCUT2D eigenvalue weighted by Gasteiger charge is -2.28. The van der Waals surface area contributed by atoms with Crippen molar-refractivity contribution in [3.63, 3.8) is 0 Å². The molecule has 0 amide bonds. The molecule has 33 heavy (non-hydrogen) atoms. The summed E-state index contributed by atoms with van der Waals surface area (Å²) in [6, 6.07) is 24.1. The molecule has 1 aliphatic rings. The monoisotopic (exact) mass is 471 g/mol. The third-order valence-electron chi connectivity index (χ3n) is 5.77. The highest BCUT2D eigenvalue weighted by Crippen LogP contribution is 2.42. The van der Waals surface area contributed by atoms with Gasteiger partial charge in [-0.1, -0.05) is 29.5 Å². The van der Waals surface area contributed by atoms with Crippen LogP contribution in [0.1, 0.15) is 23.5 Å². The number of para-hydroxylation sites is 1. The van der Waals surface area contributed by atoms with Gasteiger partial charge in [-0.2, -0.15) is 0 Å². The second-order valence-corrected chi connectivity index (χ2v) is 9.14. The summed E-state index contributed by atoms with van der Waals surface area (Å²) in [6.45, 7) is 0. The summed E-state index contributed by atoms with van der Waals surface area (Å²) in [5, 5.41) is 4.90. The molecule has 3 aromatic heterocycles. The zero-order chi connectivity index (χ0) is 22.4. The first-order chi connectivity index (χ1) is 16.2. The van der Waals surface area contributed by atoms with Gasteiger partial charge in [0.05, 0.1) is 27.6 Å². The van der Waals surface area contributed by atoms with Crippen LogP contribution in [-0.2, 0) is 0 Å². The van der Waals surface area contributed by atoms with Crippen molar-refractivity contribution in [3.05, 3.63) is 108 Å². The fourth-order valence-electron chi connectivity index (χ4n) is 4.31. The van der Waals surface area contributed by atoms with E-state index in [4.69, 9.17) is 17.2 Å². The van der Waals surface area contributed by atoms with Gasteiger partial charge in [0, 0.05) is 18.1 Å². The Bertz CT molecular complexity index is 1410. The van der Waals surface area contributed by atoms with E-state index >= 15 is 0 Å². The predicted molar refractivity (Wildman–Crippen MR) is 133 cm³/mol. The van der Waals surface area contributed by atoms with E-state index in [0.29, 0.717) is 5.11 Å². The van der Waals surface area contributed by atoms with Crippen molar-refractivity contribution < 1.29 is 4.39 Å². The number of hydrogen-bond donors (Lipinski definition) is 1. The first kappa shape index (κ1) is 20.0. The number of anilines is 1. The maximum absolute atomic E-state index is 13.7. The van der Waals surface area contributed by atoms with Crippen LogP contribution in [0.25, 0.3) is 15.3 Å². The van der Waals surface area contributed by atoms with Gasteiger partial charge in [-0.15, -0.1) is 0 Å². The van der Waals surface area contributed by atoms with Crippen molar-refractivity contribution in [1.82, 2.24) is 19.9 Å². The van der Waals surface area contributed by atoms with E-state index in [1.807, 2.05) is 53.6 Å². The van der Waals surface area contributed by atoms with Crippen LogP contribution in [0.15, 0.2) is 91.3 Å². The standard InChI is InChI=1S/C25H18FN5S2/c26-16-10-12-17(13-11-16)31-23(22(29-24(31)32)19-7-3-4-14-27-19)20-8-5-15-30(20)25-28-18-6-1-2-9-21(18)33-25/h1-15,22-23H,(H,29,32). The minimum Gasteiger partial charge on any atom is -0.351 e. The Hall–Kier alpha value is -3.62. The van der Waals surface area contributed by atoms with Gasteiger partial charge in [-0.25, -0.2) is 9.37 Å². The van der Waals surface area contributed by atoms with Crippen LogP contribution in [0.5, 0.6) is 0 Å². The van der Waals surface area contributed by atoms with E-state index in [2.05, 4.69) is 27.0 Å². The van der Waals surface area contributed by atoms with Gasteiger partial charge in [0.2, 0.25) is 0 Å². The minimum atomic E-state index is -0.285. The topological polar surface area (TPSA) is 46.0 Å². The molecule has 1 aliphatic heterocycles. The largest absolute Gasteiger partial charge is 0.351 e. The molecule has 0 aliphatic carbocycles. The average molecular weight is 472 g/mol. The van der Waals surface area contributed by atoms with E-state index in [-0.39, 0.29) is 17.9 Å². The Morgan fingerprint density at radius 2 is 1.76 bits per heavy atom. The molecular formula is C25H18FN5S2. The molecule has 4 heterocycles. The average Bonchev–Trinajstić information content (AvgIpc) is 3.56. The van der Waals surface area contributed by atoms with Crippen molar-refractivity contribution in [2.75, 3.05) is 4.90 Å². The quantitative estimate of drug-likeness (QED) is 0.336. The number of nitrogens with zero attached hydrogens (tertiary/aromatic N) is 4. The lowest BCUT2D eigenvalue weighted by Crippen LogP contribution is -2.30. The fraction of sp³-hybridized carbons (Fsp3) is 0.0800. The van der Waals surface area contributed by atoms with E-state index in [1.165, 1.54) is 12.1 Å². The number of rotatable bonds is 4. The van der Waals surface area contributed by atoms with Crippen molar-refractivity contribution >= 4 is 44.6 Å². The zero-order valence-electron chi connectivity index (χ0n) is 17.3. The number of thiazole rings is 1. The number of hydrogen-bond acceptors (Lipinski definition) is 4. The molecule has 1 N–H and O–H groups in total. The van der Waals surface area contributed by atoms with Crippen LogP contribution in [0.4, 0.5) is 10.1 Å². The Morgan fingerprint density at radius 3 is 2.55 bits per heavy atom. The maximum Gasteiger partial charge on any atom is 0.194 e. The first-order valence-electron chi connectivity index (χ1n) is 10.5. The molecule has 6 rings (SSSR count). The number of fused-ring (bicyclic) bond motifs is 1. The maximum atomic E-state index is 13.7. The second-order valence-electron chi connectivity index (χ2n) is 7.74. The molecule has 8 heteroatoms. The smallest absolute Gasteiger partial charge is 0.194 e. The molecule has 2 aromatic carbocycles.